The van der Waals surface area contributed by atoms with E-state index in [1.54, 1.807) is 13.3 Å². The second-order valence-corrected chi connectivity index (χ2v) is 5.52. The molecule has 0 saturated carbocycles. The van der Waals surface area contributed by atoms with Crippen LogP contribution in [0.2, 0.25) is 0 Å². The van der Waals surface area contributed by atoms with Crippen LogP contribution in [0, 0.1) is 6.92 Å². The number of hydrogen-bond acceptors (Lipinski definition) is 4. The molecule has 0 atom stereocenters. The molecular weight excluding hydrogens is 268 g/mol. The quantitative estimate of drug-likeness (QED) is 0.697. The first-order chi connectivity index (χ1) is 10.2. The Kier molecular flexibility index (Phi) is 6.20. The second-order valence-electron chi connectivity index (χ2n) is 5.52. The van der Waals surface area contributed by atoms with Crippen LogP contribution in [0.15, 0.2) is 12.4 Å². The van der Waals surface area contributed by atoms with Crippen molar-refractivity contribution in [2.24, 2.45) is 0 Å². The monoisotopic (exact) mass is 294 g/mol. The number of ether oxygens (including phenoxy) is 1. The largest absolute Gasteiger partial charge is 0.385 e. The lowest BCUT2D eigenvalue weighted by Gasteiger charge is -2.34. The summed E-state index contributed by atoms with van der Waals surface area (Å²) in [6, 6.07) is 0. The molecule has 21 heavy (non-hydrogen) atoms. The summed E-state index contributed by atoms with van der Waals surface area (Å²) in [5.41, 5.74) is 0. The molecule has 1 fully saturated rings. The number of amides is 1. The molecule has 0 spiro atoms. The lowest BCUT2D eigenvalue weighted by atomic mass is 10.2. The maximum atomic E-state index is 12.3. The number of imidazole rings is 1. The average Bonchev–Trinajstić information content (AvgIpc) is 2.89. The number of piperazine rings is 1. The highest BCUT2D eigenvalue weighted by Crippen LogP contribution is 2.06. The summed E-state index contributed by atoms with van der Waals surface area (Å²) < 4.78 is 6.96. The van der Waals surface area contributed by atoms with Gasteiger partial charge in [0.2, 0.25) is 5.91 Å². The number of aryl methyl sites for hydroxylation is 1. The Bertz CT molecular complexity index is 439. The van der Waals surface area contributed by atoms with E-state index in [1.807, 2.05) is 22.6 Å². The zero-order valence-electron chi connectivity index (χ0n) is 13.1. The fourth-order valence-corrected chi connectivity index (χ4v) is 2.62. The maximum Gasteiger partial charge on any atom is 0.242 e. The molecule has 6 nitrogen and oxygen atoms in total. The standard InChI is InChI=1S/C15H26N4O2/c1-14-16-5-7-19(14)13-15(20)18-10-8-17(9-11-18)6-3-4-12-21-2/h5,7H,3-4,6,8-13H2,1-2H3. The van der Waals surface area contributed by atoms with Gasteiger partial charge in [-0.05, 0) is 26.3 Å². The molecule has 1 amide bonds. The molecule has 1 aliphatic rings. The summed E-state index contributed by atoms with van der Waals surface area (Å²) in [6.07, 6.45) is 5.87. The Morgan fingerprint density at radius 1 is 1.29 bits per heavy atom. The number of carbonyl (C=O) groups excluding carboxylic acids is 1. The third kappa shape index (κ3) is 4.82. The molecule has 118 valence electrons. The zero-order chi connectivity index (χ0) is 15.1. The van der Waals surface area contributed by atoms with Crippen molar-refractivity contribution in [2.45, 2.75) is 26.3 Å². The van der Waals surface area contributed by atoms with Gasteiger partial charge in [0, 0.05) is 52.3 Å². The molecule has 0 N–H and O–H groups in total. The predicted molar refractivity (Wildman–Crippen MR) is 81.1 cm³/mol. The van der Waals surface area contributed by atoms with Crippen LogP contribution >= 0.6 is 0 Å². The minimum atomic E-state index is 0.190. The van der Waals surface area contributed by atoms with E-state index in [0.29, 0.717) is 6.54 Å². The van der Waals surface area contributed by atoms with E-state index in [9.17, 15) is 4.79 Å². The van der Waals surface area contributed by atoms with Gasteiger partial charge < -0.3 is 14.2 Å². The van der Waals surface area contributed by atoms with E-state index in [2.05, 4.69) is 9.88 Å². The number of rotatable bonds is 7. The van der Waals surface area contributed by atoms with Gasteiger partial charge in [-0.15, -0.1) is 0 Å². The van der Waals surface area contributed by atoms with E-state index < -0.39 is 0 Å². The lowest BCUT2D eigenvalue weighted by Crippen LogP contribution is -2.49. The summed E-state index contributed by atoms with van der Waals surface area (Å²) in [6.45, 7) is 7.87. The first kappa shape index (κ1) is 16.0. The molecule has 0 aromatic carbocycles. The Morgan fingerprint density at radius 2 is 2.05 bits per heavy atom. The van der Waals surface area contributed by atoms with Crippen molar-refractivity contribution in [1.82, 2.24) is 19.4 Å². The van der Waals surface area contributed by atoms with Gasteiger partial charge in [-0.1, -0.05) is 0 Å². The van der Waals surface area contributed by atoms with Crippen LogP contribution in [0.3, 0.4) is 0 Å². The minimum Gasteiger partial charge on any atom is -0.385 e. The summed E-state index contributed by atoms with van der Waals surface area (Å²) >= 11 is 0. The maximum absolute atomic E-state index is 12.3. The number of unbranched alkanes of at least 4 members (excludes halogenated alkanes) is 1. The molecular formula is C15H26N4O2. The predicted octanol–water partition coefficient (Wildman–Crippen LogP) is 0.762. The van der Waals surface area contributed by atoms with Crippen LogP contribution in [0.1, 0.15) is 18.7 Å². The van der Waals surface area contributed by atoms with Crippen molar-refractivity contribution < 1.29 is 9.53 Å². The van der Waals surface area contributed by atoms with Crippen LogP contribution in [-0.4, -0.2) is 71.7 Å². The van der Waals surface area contributed by atoms with Crippen LogP contribution in [0.25, 0.3) is 0 Å². The van der Waals surface area contributed by atoms with Crippen molar-refractivity contribution in [3.05, 3.63) is 18.2 Å². The number of aromatic nitrogens is 2. The summed E-state index contributed by atoms with van der Waals surface area (Å²) in [5, 5.41) is 0. The summed E-state index contributed by atoms with van der Waals surface area (Å²) in [7, 11) is 1.74. The molecule has 0 aliphatic carbocycles. The first-order valence-corrected chi connectivity index (χ1v) is 7.67. The Hall–Kier alpha value is -1.40. The number of hydrogen-bond donors (Lipinski definition) is 0. The van der Waals surface area contributed by atoms with Crippen LogP contribution < -0.4 is 0 Å². The number of methoxy groups -OCH3 is 1. The fourth-order valence-electron chi connectivity index (χ4n) is 2.62. The van der Waals surface area contributed by atoms with Crippen molar-refractivity contribution in [2.75, 3.05) is 46.4 Å². The summed E-state index contributed by atoms with van der Waals surface area (Å²) in [4.78, 5) is 20.8. The van der Waals surface area contributed by atoms with Gasteiger partial charge in [0.25, 0.3) is 0 Å². The van der Waals surface area contributed by atoms with Crippen LogP contribution in [-0.2, 0) is 16.1 Å². The highest BCUT2D eigenvalue weighted by Gasteiger charge is 2.21. The SMILES string of the molecule is COCCCCN1CCN(C(=O)Cn2ccnc2C)CC1. The van der Waals surface area contributed by atoms with Gasteiger partial charge in [-0.3, -0.25) is 9.69 Å². The fraction of sp³-hybridized carbons (Fsp3) is 0.733. The van der Waals surface area contributed by atoms with Gasteiger partial charge >= 0.3 is 0 Å². The number of carbonyl (C=O) groups is 1. The molecule has 1 aromatic rings. The smallest absolute Gasteiger partial charge is 0.242 e. The molecule has 1 aliphatic heterocycles. The normalized spacial score (nSPS) is 16.4. The minimum absolute atomic E-state index is 0.190. The molecule has 1 saturated heterocycles. The molecule has 2 heterocycles. The van der Waals surface area contributed by atoms with E-state index in [4.69, 9.17) is 4.74 Å². The van der Waals surface area contributed by atoms with Gasteiger partial charge in [-0.25, -0.2) is 4.98 Å². The van der Waals surface area contributed by atoms with Crippen molar-refractivity contribution in [3.8, 4) is 0 Å². The molecule has 6 heteroatoms. The first-order valence-electron chi connectivity index (χ1n) is 7.67. The van der Waals surface area contributed by atoms with Gasteiger partial charge in [0.05, 0.1) is 0 Å². The Labute approximate surface area is 126 Å². The van der Waals surface area contributed by atoms with Crippen LogP contribution in [0.4, 0.5) is 0 Å². The second kappa shape index (κ2) is 8.14. The van der Waals surface area contributed by atoms with Gasteiger partial charge in [0.15, 0.2) is 0 Å². The van der Waals surface area contributed by atoms with Crippen molar-refractivity contribution in [3.63, 3.8) is 0 Å². The third-order valence-electron chi connectivity index (χ3n) is 4.03. The van der Waals surface area contributed by atoms with E-state index in [-0.39, 0.29) is 5.91 Å². The zero-order valence-corrected chi connectivity index (χ0v) is 13.1. The summed E-state index contributed by atoms with van der Waals surface area (Å²) in [5.74, 6) is 1.08. The van der Waals surface area contributed by atoms with Gasteiger partial charge in [0.1, 0.15) is 12.4 Å². The van der Waals surface area contributed by atoms with E-state index in [1.165, 1.54) is 0 Å². The Morgan fingerprint density at radius 3 is 2.67 bits per heavy atom. The lowest BCUT2D eigenvalue weighted by molar-refractivity contribution is -0.133. The average molecular weight is 294 g/mol. The molecule has 1 aromatic heterocycles. The molecule has 0 unspecified atom stereocenters. The van der Waals surface area contributed by atoms with Crippen LogP contribution in [0.5, 0.6) is 0 Å². The van der Waals surface area contributed by atoms with Crippen molar-refractivity contribution >= 4 is 5.91 Å². The molecule has 0 bridgehead atoms. The van der Waals surface area contributed by atoms with E-state index in [0.717, 1.165) is 58.0 Å². The van der Waals surface area contributed by atoms with Gasteiger partial charge in [-0.2, -0.15) is 0 Å². The van der Waals surface area contributed by atoms with E-state index >= 15 is 0 Å². The molecule has 2 rings (SSSR count). The highest BCUT2D eigenvalue weighted by molar-refractivity contribution is 5.76. The highest BCUT2D eigenvalue weighted by atomic mass is 16.5. The Balaban J connectivity index is 1.68. The topological polar surface area (TPSA) is 50.6 Å². The van der Waals surface area contributed by atoms with Crippen molar-refractivity contribution in [1.29, 1.82) is 0 Å². The molecule has 0 radical (unpaired) electrons. The number of nitrogens with zero attached hydrogens (tertiary/aromatic N) is 4. The third-order valence-corrected chi connectivity index (χ3v) is 4.03.